The molecule has 148 valence electrons. The van der Waals surface area contributed by atoms with Gasteiger partial charge in [-0.05, 0) is 34.6 Å². The van der Waals surface area contributed by atoms with Gasteiger partial charge in [0, 0.05) is 10.8 Å². The molecule has 7 heteroatoms. The van der Waals surface area contributed by atoms with E-state index >= 15 is 0 Å². The maximum atomic E-state index is 11.5. The van der Waals surface area contributed by atoms with Gasteiger partial charge in [-0.15, -0.1) is 0 Å². The number of aromatic hydroxyl groups is 1. The molecule has 0 unspecified atom stereocenters. The fraction of sp³-hybridized carbons (Fsp3) is 0. The lowest BCUT2D eigenvalue weighted by Gasteiger charge is -2.09. The fourth-order valence-corrected chi connectivity index (χ4v) is 4.00. The van der Waals surface area contributed by atoms with Crippen molar-refractivity contribution in [2.24, 2.45) is 0 Å². The zero-order valence-corrected chi connectivity index (χ0v) is 16.0. The van der Waals surface area contributed by atoms with E-state index in [1.165, 1.54) is 16.7 Å². The highest BCUT2D eigenvalue weighted by Crippen LogP contribution is 2.33. The van der Waals surface area contributed by atoms with Crippen LogP contribution in [0.4, 0.5) is 0 Å². The van der Waals surface area contributed by atoms with Crippen LogP contribution in [0.25, 0.3) is 44.4 Å². The number of aromatic nitrogens is 4. The summed E-state index contributed by atoms with van der Waals surface area (Å²) in [4.78, 5) is 20.4. The first-order valence-corrected chi connectivity index (χ1v) is 9.64. The molecule has 2 heterocycles. The Morgan fingerprint density at radius 3 is 2.13 bits per heavy atom. The third kappa shape index (κ3) is 2.53. The average Bonchev–Trinajstić information content (AvgIpc) is 3.09. The fourth-order valence-electron chi connectivity index (χ4n) is 4.00. The highest BCUT2D eigenvalue weighted by molar-refractivity contribution is 6.23. The average molecular weight is 406 g/mol. The summed E-state index contributed by atoms with van der Waals surface area (Å²) in [5.74, 6) is -0.823. The standard InChI is InChI=1S/C24H14N4O3/c29-19-10-9-13(12-20(19)30)11-18-23(31)26-24-25-21-16-7-3-1-5-14(16)15-6-2-4-8-17(15)22(21)27-28(18)24/h1-12,30-31H/b13-11+. The number of allylic oxidation sites excluding steroid dienone is 4. The molecule has 0 fully saturated rings. The Hall–Kier alpha value is -4.52. The first-order chi connectivity index (χ1) is 15.1. The first kappa shape index (κ1) is 17.3. The summed E-state index contributed by atoms with van der Waals surface area (Å²) in [5, 5.41) is 29.0. The summed E-state index contributed by atoms with van der Waals surface area (Å²) in [7, 11) is 0. The summed E-state index contributed by atoms with van der Waals surface area (Å²) in [6.07, 6.45) is 5.75. The van der Waals surface area contributed by atoms with Crippen molar-refractivity contribution >= 4 is 50.2 Å². The SMILES string of the molecule is O=C1C=C/C(=C\c2c(O)nc3nc4c5ccccc5c5ccccc5c4nn23)C=C1O. The lowest BCUT2D eigenvalue weighted by molar-refractivity contribution is -0.113. The smallest absolute Gasteiger partial charge is 0.255 e. The van der Waals surface area contributed by atoms with Crippen molar-refractivity contribution in [3.8, 4) is 5.88 Å². The third-order valence-corrected chi connectivity index (χ3v) is 5.43. The molecule has 0 amide bonds. The van der Waals surface area contributed by atoms with E-state index in [1.54, 1.807) is 12.2 Å². The van der Waals surface area contributed by atoms with E-state index in [1.807, 2.05) is 36.4 Å². The van der Waals surface area contributed by atoms with Crippen LogP contribution >= 0.6 is 0 Å². The van der Waals surface area contributed by atoms with Gasteiger partial charge in [0.15, 0.2) is 5.76 Å². The monoisotopic (exact) mass is 406 g/mol. The van der Waals surface area contributed by atoms with E-state index in [2.05, 4.69) is 17.1 Å². The minimum absolute atomic E-state index is 0.241. The molecule has 5 aromatic rings. The van der Waals surface area contributed by atoms with E-state index in [0.29, 0.717) is 22.3 Å². The second-order valence-electron chi connectivity index (χ2n) is 7.30. The largest absolute Gasteiger partial charge is 0.504 e. The summed E-state index contributed by atoms with van der Waals surface area (Å²) >= 11 is 0. The molecule has 2 N–H and O–H groups in total. The summed E-state index contributed by atoms with van der Waals surface area (Å²) in [5.41, 5.74) is 2.22. The number of carbonyl (C=O) groups excluding carboxylic acids is 1. The van der Waals surface area contributed by atoms with Gasteiger partial charge in [-0.3, -0.25) is 4.79 Å². The molecule has 0 aliphatic heterocycles. The molecular weight excluding hydrogens is 392 g/mol. The van der Waals surface area contributed by atoms with Gasteiger partial charge in [0.2, 0.25) is 11.7 Å². The maximum absolute atomic E-state index is 11.5. The van der Waals surface area contributed by atoms with E-state index in [4.69, 9.17) is 10.1 Å². The van der Waals surface area contributed by atoms with Crippen molar-refractivity contribution in [1.82, 2.24) is 19.6 Å². The summed E-state index contributed by atoms with van der Waals surface area (Å²) in [6, 6.07) is 16.0. The normalized spacial score (nSPS) is 15.5. The number of imidazole rings is 1. The third-order valence-electron chi connectivity index (χ3n) is 5.43. The minimum Gasteiger partial charge on any atom is -0.504 e. The van der Waals surface area contributed by atoms with Crippen molar-refractivity contribution in [1.29, 1.82) is 0 Å². The topological polar surface area (TPSA) is 101 Å². The number of ketones is 1. The molecule has 1 aliphatic carbocycles. The predicted molar refractivity (Wildman–Crippen MR) is 118 cm³/mol. The maximum Gasteiger partial charge on any atom is 0.255 e. The highest BCUT2D eigenvalue weighted by Gasteiger charge is 2.18. The van der Waals surface area contributed by atoms with E-state index in [9.17, 15) is 15.0 Å². The second-order valence-corrected chi connectivity index (χ2v) is 7.30. The van der Waals surface area contributed by atoms with Gasteiger partial charge in [0.05, 0.1) is 0 Å². The van der Waals surface area contributed by atoms with Gasteiger partial charge in [-0.25, -0.2) is 4.98 Å². The molecule has 0 saturated carbocycles. The molecule has 0 bridgehead atoms. The lowest BCUT2D eigenvalue weighted by atomic mass is 10.00. The molecule has 0 spiro atoms. The van der Waals surface area contributed by atoms with Crippen LogP contribution in [0.15, 0.2) is 78.1 Å². The van der Waals surface area contributed by atoms with Crippen LogP contribution in [0.2, 0.25) is 0 Å². The van der Waals surface area contributed by atoms with E-state index in [-0.39, 0.29) is 17.4 Å². The van der Waals surface area contributed by atoms with Crippen LogP contribution in [-0.2, 0) is 4.79 Å². The van der Waals surface area contributed by atoms with E-state index < -0.39 is 5.78 Å². The van der Waals surface area contributed by atoms with Gasteiger partial charge >= 0.3 is 0 Å². The number of aliphatic hydroxyl groups excluding tert-OH is 1. The zero-order chi connectivity index (χ0) is 21.1. The van der Waals surface area contributed by atoms with Gasteiger partial charge < -0.3 is 10.2 Å². The Bertz CT molecular complexity index is 1680. The molecule has 7 nitrogen and oxygen atoms in total. The van der Waals surface area contributed by atoms with Crippen LogP contribution in [0.5, 0.6) is 5.88 Å². The number of nitrogens with zero attached hydrogens (tertiary/aromatic N) is 4. The Balaban J connectivity index is 1.71. The number of aliphatic hydroxyl groups is 1. The van der Waals surface area contributed by atoms with Crippen molar-refractivity contribution < 1.29 is 15.0 Å². The van der Waals surface area contributed by atoms with Crippen molar-refractivity contribution in [2.45, 2.75) is 0 Å². The van der Waals surface area contributed by atoms with Gasteiger partial charge in [0.1, 0.15) is 16.7 Å². The zero-order valence-electron chi connectivity index (χ0n) is 16.0. The van der Waals surface area contributed by atoms with Crippen LogP contribution in [-0.4, -0.2) is 35.6 Å². The van der Waals surface area contributed by atoms with Gasteiger partial charge in [0.25, 0.3) is 5.78 Å². The van der Waals surface area contributed by atoms with E-state index in [0.717, 1.165) is 21.5 Å². The van der Waals surface area contributed by atoms with Crippen molar-refractivity contribution in [3.63, 3.8) is 0 Å². The summed E-state index contributed by atoms with van der Waals surface area (Å²) < 4.78 is 1.47. The number of fused-ring (bicyclic) bond motifs is 7. The number of hydrogen-bond donors (Lipinski definition) is 2. The molecule has 0 atom stereocenters. The van der Waals surface area contributed by atoms with Crippen LogP contribution < -0.4 is 0 Å². The molecule has 0 saturated heterocycles. The van der Waals surface area contributed by atoms with Crippen LogP contribution in [0.1, 0.15) is 5.69 Å². The van der Waals surface area contributed by atoms with Gasteiger partial charge in [-0.1, -0.05) is 54.6 Å². The molecule has 1 aliphatic rings. The number of benzene rings is 3. The number of hydrogen-bond acceptors (Lipinski definition) is 6. The quantitative estimate of drug-likeness (QED) is 0.404. The molecule has 0 radical (unpaired) electrons. The molecule has 6 rings (SSSR count). The van der Waals surface area contributed by atoms with Crippen LogP contribution in [0.3, 0.4) is 0 Å². The van der Waals surface area contributed by atoms with Crippen LogP contribution in [0, 0.1) is 0 Å². The van der Waals surface area contributed by atoms with Crippen molar-refractivity contribution in [2.75, 3.05) is 0 Å². The predicted octanol–water partition coefficient (Wildman–Crippen LogP) is 4.25. The Morgan fingerprint density at radius 1 is 0.806 bits per heavy atom. The lowest BCUT2D eigenvalue weighted by Crippen LogP contribution is -2.02. The Morgan fingerprint density at radius 2 is 1.45 bits per heavy atom. The second kappa shape index (κ2) is 6.24. The minimum atomic E-state index is -0.469. The highest BCUT2D eigenvalue weighted by atomic mass is 16.3. The molecular formula is C24H14N4O3. The number of rotatable bonds is 1. The molecule has 2 aromatic heterocycles. The molecule has 31 heavy (non-hydrogen) atoms. The summed E-state index contributed by atoms with van der Waals surface area (Å²) in [6.45, 7) is 0. The Kier molecular flexibility index (Phi) is 3.49. The first-order valence-electron chi connectivity index (χ1n) is 9.64. The number of carbonyl (C=O) groups is 1. The Labute approximate surface area is 174 Å². The van der Waals surface area contributed by atoms with Gasteiger partial charge in [-0.2, -0.15) is 14.6 Å². The molecule has 3 aromatic carbocycles. The van der Waals surface area contributed by atoms with Crippen molar-refractivity contribution in [3.05, 3.63) is 83.8 Å².